The first-order valence-electron chi connectivity index (χ1n) is 9.73. The van der Waals surface area contributed by atoms with E-state index < -0.39 is 15.6 Å². The maximum atomic E-state index is 12.7. The lowest BCUT2D eigenvalue weighted by atomic mass is 10.1. The van der Waals surface area contributed by atoms with Crippen molar-refractivity contribution < 1.29 is 12.8 Å². The van der Waals surface area contributed by atoms with Gasteiger partial charge in [0.05, 0.1) is 27.5 Å². The monoisotopic (exact) mass is 460 g/mol. The second-order valence-corrected chi connectivity index (χ2v) is 8.79. The third-order valence-corrected chi connectivity index (χ3v) is 5.94. The molecule has 0 unspecified atom stereocenters. The highest BCUT2D eigenvalue weighted by Gasteiger charge is 2.17. The smallest absolute Gasteiger partial charge is 0.345 e. The maximum absolute atomic E-state index is 12.7. The maximum Gasteiger partial charge on any atom is 0.345 e. The Morgan fingerprint density at radius 1 is 1.03 bits per heavy atom. The molecule has 3 heterocycles. The van der Waals surface area contributed by atoms with Crippen molar-refractivity contribution in [3.05, 3.63) is 83.0 Å². The summed E-state index contributed by atoms with van der Waals surface area (Å²) in [5.41, 5.74) is 2.63. The summed E-state index contributed by atoms with van der Waals surface area (Å²) in [6.07, 6.45) is 1.56. The van der Waals surface area contributed by atoms with Crippen molar-refractivity contribution >= 4 is 38.0 Å². The van der Waals surface area contributed by atoms with Crippen LogP contribution in [-0.2, 0) is 10.0 Å². The molecule has 11 heteroatoms. The lowest BCUT2D eigenvalue weighted by Gasteiger charge is -2.04. The molecule has 0 aliphatic heterocycles. The first-order chi connectivity index (χ1) is 15.8. The van der Waals surface area contributed by atoms with Gasteiger partial charge in [0.15, 0.2) is 11.3 Å². The van der Waals surface area contributed by atoms with Gasteiger partial charge in [-0.05, 0) is 49.4 Å². The number of aryl methyl sites for hydroxylation is 1. The lowest BCUT2D eigenvalue weighted by Crippen LogP contribution is -2.11. The fourth-order valence-electron chi connectivity index (χ4n) is 3.41. The molecule has 0 saturated heterocycles. The molecule has 0 spiro atoms. The highest BCUT2D eigenvalue weighted by molar-refractivity contribution is 7.89. The Labute approximate surface area is 187 Å². The summed E-state index contributed by atoms with van der Waals surface area (Å²) in [5, 5.41) is 18.8. The molecule has 2 aromatic carbocycles. The molecule has 0 atom stereocenters. The van der Waals surface area contributed by atoms with Gasteiger partial charge in [-0.15, -0.1) is 5.11 Å². The molecule has 2 N–H and O–H groups in total. The van der Waals surface area contributed by atoms with Gasteiger partial charge < -0.3 is 4.42 Å². The van der Waals surface area contributed by atoms with E-state index in [2.05, 4.69) is 20.3 Å². The van der Waals surface area contributed by atoms with E-state index in [1.165, 1.54) is 28.8 Å². The van der Waals surface area contributed by atoms with Crippen LogP contribution < -0.4 is 10.8 Å². The summed E-state index contributed by atoms with van der Waals surface area (Å²) in [7, 11) is -3.79. The summed E-state index contributed by atoms with van der Waals surface area (Å²) in [4.78, 5) is 17.0. The number of benzene rings is 2. The van der Waals surface area contributed by atoms with Crippen molar-refractivity contribution in [2.24, 2.45) is 15.4 Å². The van der Waals surface area contributed by atoms with E-state index in [4.69, 9.17) is 9.56 Å². The molecule has 164 valence electrons. The summed E-state index contributed by atoms with van der Waals surface area (Å²) in [6, 6.07) is 16.3. The zero-order valence-electron chi connectivity index (χ0n) is 17.2. The zero-order valence-corrected chi connectivity index (χ0v) is 18.0. The first-order valence-corrected chi connectivity index (χ1v) is 11.3. The normalized spacial score (nSPS) is 12.2. The minimum atomic E-state index is -3.79. The van der Waals surface area contributed by atoms with E-state index in [1.807, 2.05) is 12.1 Å². The largest absolute Gasteiger partial charge is 0.422 e. The van der Waals surface area contributed by atoms with Gasteiger partial charge in [0.2, 0.25) is 10.0 Å². The second kappa shape index (κ2) is 7.73. The molecule has 33 heavy (non-hydrogen) atoms. The number of aromatic nitrogens is 3. The highest BCUT2D eigenvalue weighted by Crippen LogP contribution is 2.29. The fourth-order valence-corrected chi connectivity index (χ4v) is 3.93. The molecule has 0 bridgehead atoms. The molecule has 0 radical (unpaired) electrons. The van der Waals surface area contributed by atoms with Crippen LogP contribution in [0.3, 0.4) is 0 Å². The van der Waals surface area contributed by atoms with Crippen LogP contribution in [0.4, 0.5) is 11.4 Å². The summed E-state index contributed by atoms with van der Waals surface area (Å²) in [5.74, 6) is 0. The van der Waals surface area contributed by atoms with Crippen LogP contribution >= 0.6 is 0 Å². The van der Waals surface area contributed by atoms with Crippen LogP contribution in [0, 0.1) is 6.92 Å². The molecule has 0 fully saturated rings. The van der Waals surface area contributed by atoms with Crippen molar-refractivity contribution in [1.82, 2.24) is 14.6 Å². The number of hydrogen-bond acceptors (Lipinski definition) is 8. The number of azo groups is 1. The van der Waals surface area contributed by atoms with Gasteiger partial charge in [0.25, 0.3) is 0 Å². The van der Waals surface area contributed by atoms with E-state index in [1.54, 1.807) is 37.4 Å². The minimum absolute atomic E-state index is 0.0193. The van der Waals surface area contributed by atoms with Crippen molar-refractivity contribution in [1.29, 1.82) is 0 Å². The van der Waals surface area contributed by atoms with Crippen LogP contribution in [0.25, 0.3) is 27.9 Å². The number of nitrogens with zero attached hydrogens (tertiary/aromatic N) is 5. The molecule has 0 saturated carbocycles. The summed E-state index contributed by atoms with van der Waals surface area (Å²) in [6.45, 7) is 1.75. The molecule has 0 aliphatic carbocycles. The SMILES string of the molecule is Cc1nn2c(-c3cc4ccccc4oc3=O)ccnc2c1N=Nc1ccc(S(N)(=O)=O)cc1. The van der Waals surface area contributed by atoms with Gasteiger partial charge in [-0.1, -0.05) is 18.2 Å². The molecule has 10 nitrogen and oxygen atoms in total. The van der Waals surface area contributed by atoms with Crippen LogP contribution in [0.15, 0.2) is 91.2 Å². The Bertz CT molecular complexity index is 1720. The highest BCUT2D eigenvalue weighted by atomic mass is 32.2. The standard InChI is InChI=1S/C22H16N6O4S/c1-13-20(26-25-15-6-8-16(9-7-15)33(23,30)31)21-24-11-10-18(28(21)27-13)17-12-14-4-2-3-5-19(14)32-22(17)29/h2-12H,1H3,(H2,23,30,31). The van der Waals surface area contributed by atoms with Crippen LogP contribution in [0.1, 0.15) is 5.69 Å². The molecule has 5 aromatic rings. The average Bonchev–Trinajstić information content (AvgIpc) is 3.12. The predicted molar refractivity (Wildman–Crippen MR) is 121 cm³/mol. The number of nitrogens with two attached hydrogens (primary N) is 1. The predicted octanol–water partition coefficient (Wildman–Crippen LogP) is 3.87. The Morgan fingerprint density at radius 3 is 2.55 bits per heavy atom. The van der Waals surface area contributed by atoms with E-state index in [0.29, 0.717) is 39.6 Å². The first kappa shape index (κ1) is 20.7. The van der Waals surface area contributed by atoms with E-state index >= 15 is 0 Å². The Morgan fingerprint density at radius 2 is 1.79 bits per heavy atom. The second-order valence-electron chi connectivity index (χ2n) is 7.22. The fraction of sp³-hybridized carbons (Fsp3) is 0.0455. The van der Waals surface area contributed by atoms with Crippen LogP contribution in [0.5, 0.6) is 0 Å². The molecular formula is C22H16N6O4S. The number of para-hydroxylation sites is 1. The number of sulfonamides is 1. The van der Waals surface area contributed by atoms with Gasteiger partial charge in [-0.2, -0.15) is 10.2 Å². The topological polar surface area (TPSA) is 145 Å². The van der Waals surface area contributed by atoms with Gasteiger partial charge >= 0.3 is 5.63 Å². The van der Waals surface area contributed by atoms with E-state index in [0.717, 1.165) is 5.39 Å². The zero-order chi connectivity index (χ0) is 23.2. The Hall–Kier alpha value is -4.22. The number of fused-ring (bicyclic) bond motifs is 2. The summed E-state index contributed by atoms with van der Waals surface area (Å²) < 4.78 is 29.8. The molecule has 0 aliphatic rings. The quantitative estimate of drug-likeness (QED) is 0.318. The molecule has 5 rings (SSSR count). The molecular weight excluding hydrogens is 444 g/mol. The molecule has 0 amide bonds. The van der Waals surface area contributed by atoms with E-state index in [-0.39, 0.29) is 4.90 Å². The number of primary sulfonamides is 1. The van der Waals surface area contributed by atoms with Gasteiger partial charge in [0.1, 0.15) is 5.58 Å². The lowest BCUT2D eigenvalue weighted by molar-refractivity contribution is 0.562. The average molecular weight is 460 g/mol. The van der Waals surface area contributed by atoms with Crippen molar-refractivity contribution in [3.63, 3.8) is 0 Å². The van der Waals surface area contributed by atoms with Crippen LogP contribution in [-0.4, -0.2) is 23.0 Å². The van der Waals surface area contributed by atoms with Crippen molar-refractivity contribution in [2.75, 3.05) is 0 Å². The van der Waals surface area contributed by atoms with E-state index in [9.17, 15) is 13.2 Å². The summed E-state index contributed by atoms with van der Waals surface area (Å²) >= 11 is 0. The van der Waals surface area contributed by atoms with Crippen molar-refractivity contribution in [3.8, 4) is 11.3 Å². The Balaban J connectivity index is 1.59. The van der Waals surface area contributed by atoms with Gasteiger partial charge in [0, 0.05) is 11.6 Å². The van der Waals surface area contributed by atoms with Crippen molar-refractivity contribution in [2.45, 2.75) is 11.8 Å². The number of hydrogen-bond donors (Lipinski definition) is 1. The number of rotatable bonds is 4. The van der Waals surface area contributed by atoms with Crippen LogP contribution in [0.2, 0.25) is 0 Å². The Kier molecular flexibility index (Phi) is 4.84. The third kappa shape index (κ3) is 3.79. The minimum Gasteiger partial charge on any atom is -0.422 e. The van der Waals surface area contributed by atoms with Gasteiger partial charge in [-0.3, -0.25) is 0 Å². The molecule has 3 aromatic heterocycles. The van der Waals surface area contributed by atoms with Gasteiger partial charge in [-0.25, -0.2) is 27.9 Å². The third-order valence-electron chi connectivity index (χ3n) is 5.01.